The van der Waals surface area contributed by atoms with Crippen molar-refractivity contribution in [3.8, 4) is 17.7 Å². The Morgan fingerprint density at radius 1 is 1.10 bits per heavy atom. The highest BCUT2D eigenvalue weighted by molar-refractivity contribution is 6.32. The van der Waals surface area contributed by atoms with E-state index in [1.54, 1.807) is 18.2 Å². The van der Waals surface area contributed by atoms with Crippen LogP contribution in [0.15, 0.2) is 42.5 Å². The molecule has 21 heavy (non-hydrogen) atoms. The molecule has 0 unspecified atom stereocenters. The van der Waals surface area contributed by atoms with Crippen molar-refractivity contribution in [2.75, 3.05) is 0 Å². The van der Waals surface area contributed by atoms with Crippen LogP contribution in [-0.2, 0) is 0 Å². The first-order valence-electron chi connectivity index (χ1n) is 6.28. The molecule has 0 aliphatic rings. The van der Waals surface area contributed by atoms with Gasteiger partial charge in [-0.25, -0.2) is 0 Å². The summed E-state index contributed by atoms with van der Waals surface area (Å²) in [6, 6.07) is 14.6. The number of fused-ring (bicyclic) bond motifs is 1. The van der Waals surface area contributed by atoms with Gasteiger partial charge in [-0.3, -0.25) is 0 Å². The van der Waals surface area contributed by atoms with Crippen LogP contribution < -0.4 is 4.74 Å². The number of aryl methyl sites for hydroxylation is 1. The fourth-order valence-electron chi connectivity index (χ4n) is 2.05. The summed E-state index contributed by atoms with van der Waals surface area (Å²) in [5.74, 6) is 0.835. The van der Waals surface area contributed by atoms with E-state index in [1.165, 1.54) is 0 Å². The van der Waals surface area contributed by atoms with E-state index in [4.69, 9.17) is 21.6 Å². The molecule has 0 aliphatic carbocycles. The average Bonchev–Trinajstić information content (AvgIpc) is 2.52. The van der Waals surface area contributed by atoms with Crippen molar-refractivity contribution in [2.24, 2.45) is 0 Å². The van der Waals surface area contributed by atoms with E-state index in [1.807, 2.05) is 37.3 Å². The number of halogens is 1. The second kappa shape index (κ2) is 5.39. The highest BCUT2D eigenvalue weighted by Gasteiger charge is 2.10. The third kappa shape index (κ3) is 2.51. The highest BCUT2D eigenvalue weighted by atomic mass is 35.5. The minimum absolute atomic E-state index is 0.362. The van der Waals surface area contributed by atoms with Crippen LogP contribution in [0, 0.1) is 18.3 Å². The molecule has 0 spiro atoms. The lowest BCUT2D eigenvalue weighted by Crippen LogP contribution is -1.95. The molecule has 2 aromatic carbocycles. The Morgan fingerprint density at radius 2 is 1.86 bits per heavy atom. The molecule has 0 aliphatic heterocycles. The molecule has 1 heterocycles. The largest absolute Gasteiger partial charge is 0.435 e. The van der Waals surface area contributed by atoms with Crippen LogP contribution in [0.2, 0.25) is 5.02 Å². The summed E-state index contributed by atoms with van der Waals surface area (Å²) in [6.45, 7) is 1.90. The maximum Gasteiger partial charge on any atom is 0.246 e. The molecule has 0 N–H and O–H groups in total. The SMILES string of the molecule is Cc1nnc(Oc2ccc(C#N)cc2Cl)c2ccccc12. The lowest BCUT2D eigenvalue weighted by molar-refractivity contribution is 0.461. The number of benzene rings is 2. The predicted octanol–water partition coefficient (Wildman–Crippen LogP) is 4.26. The van der Waals surface area contributed by atoms with Gasteiger partial charge in [-0.2, -0.15) is 10.4 Å². The lowest BCUT2D eigenvalue weighted by Gasteiger charge is -2.09. The standard InChI is InChI=1S/C16H10ClN3O/c1-10-12-4-2-3-5-13(12)16(20-19-10)21-15-7-6-11(9-18)8-14(15)17/h2-8H,1H3. The number of hydrogen-bond donors (Lipinski definition) is 0. The zero-order chi connectivity index (χ0) is 14.8. The number of nitriles is 1. The van der Waals surface area contributed by atoms with Gasteiger partial charge in [-0.15, -0.1) is 5.10 Å². The van der Waals surface area contributed by atoms with E-state index in [2.05, 4.69) is 10.2 Å². The van der Waals surface area contributed by atoms with Gasteiger partial charge in [0.1, 0.15) is 5.75 Å². The van der Waals surface area contributed by atoms with Crippen LogP contribution in [0.4, 0.5) is 0 Å². The Bertz CT molecular complexity index is 871. The van der Waals surface area contributed by atoms with Crippen molar-refractivity contribution in [1.82, 2.24) is 10.2 Å². The Morgan fingerprint density at radius 3 is 2.57 bits per heavy atom. The smallest absolute Gasteiger partial charge is 0.246 e. The second-order valence-electron chi connectivity index (χ2n) is 4.50. The van der Waals surface area contributed by atoms with Crippen LogP contribution in [0.3, 0.4) is 0 Å². The van der Waals surface area contributed by atoms with Crippen LogP contribution in [0.25, 0.3) is 10.8 Å². The summed E-state index contributed by atoms with van der Waals surface area (Å²) in [6.07, 6.45) is 0. The molecule has 0 atom stereocenters. The van der Waals surface area contributed by atoms with Crippen molar-refractivity contribution in [3.63, 3.8) is 0 Å². The monoisotopic (exact) mass is 295 g/mol. The number of rotatable bonds is 2. The third-order valence-corrected chi connectivity index (χ3v) is 3.40. The summed E-state index contributed by atoms with van der Waals surface area (Å²) in [7, 11) is 0. The molecule has 1 aromatic heterocycles. The first kappa shape index (κ1) is 13.3. The molecule has 0 bridgehead atoms. The Hall–Kier alpha value is -2.64. The first-order valence-corrected chi connectivity index (χ1v) is 6.66. The lowest BCUT2D eigenvalue weighted by atomic mass is 10.1. The van der Waals surface area contributed by atoms with Gasteiger partial charge >= 0.3 is 0 Å². The molecule has 0 radical (unpaired) electrons. The van der Waals surface area contributed by atoms with Crippen molar-refractivity contribution >= 4 is 22.4 Å². The van der Waals surface area contributed by atoms with Crippen molar-refractivity contribution in [1.29, 1.82) is 5.26 Å². The van der Waals surface area contributed by atoms with E-state index >= 15 is 0 Å². The molecule has 0 amide bonds. The first-order chi connectivity index (χ1) is 10.2. The predicted molar refractivity (Wildman–Crippen MR) is 80.5 cm³/mol. The Balaban J connectivity index is 2.07. The molecular formula is C16H10ClN3O. The molecule has 4 nitrogen and oxygen atoms in total. The Kier molecular flexibility index (Phi) is 3.43. The number of ether oxygens (including phenoxy) is 1. The zero-order valence-electron chi connectivity index (χ0n) is 11.2. The van der Waals surface area contributed by atoms with E-state index in [9.17, 15) is 0 Å². The third-order valence-electron chi connectivity index (χ3n) is 3.11. The molecule has 3 rings (SSSR count). The summed E-state index contributed by atoms with van der Waals surface area (Å²) in [5, 5.41) is 19.2. The minimum atomic E-state index is 0.362. The molecule has 3 aromatic rings. The fraction of sp³-hybridized carbons (Fsp3) is 0.0625. The molecule has 0 saturated heterocycles. The second-order valence-corrected chi connectivity index (χ2v) is 4.90. The van der Waals surface area contributed by atoms with E-state index in [-0.39, 0.29) is 0 Å². The fourth-order valence-corrected chi connectivity index (χ4v) is 2.27. The molecule has 102 valence electrons. The van der Waals surface area contributed by atoms with Gasteiger partial charge < -0.3 is 4.74 Å². The van der Waals surface area contributed by atoms with Gasteiger partial charge in [0.05, 0.1) is 22.3 Å². The van der Waals surface area contributed by atoms with Crippen LogP contribution in [0.1, 0.15) is 11.3 Å². The van der Waals surface area contributed by atoms with Gasteiger partial charge in [0.2, 0.25) is 5.88 Å². The van der Waals surface area contributed by atoms with Crippen molar-refractivity contribution in [2.45, 2.75) is 6.92 Å². The summed E-state index contributed by atoms with van der Waals surface area (Å²) in [5.41, 5.74) is 1.32. The van der Waals surface area contributed by atoms with Gasteiger partial charge in [0, 0.05) is 10.8 Å². The Labute approximate surface area is 126 Å². The molecule has 5 heteroatoms. The maximum atomic E-state index is 8.84. The summed E-state index contributed by atoms with van der Waals surface area (Å²) < 4.78 is 5.76. The van der Waals surface area contributed by atoms with Gasteiger partial charge in [0.25, 0.3) is 0 Å². The summed E-state index contributed by atoms with van der Waals surface area (Å²) >= 11 is 6.12. The van der Waals surface area contributed by atoms with E-state index < -0.39 is 0 Å². The maximum absolute atomic E-state index is 8.84. The highest BCUT2D eigenvalue weighted by Crippen LogP contribution is 2.32. The quantitative estimate of drug-likeness (QED) is 0.709. The number of aromatic nitrogens is 2. The number of hydrogen-bond acceptors (Lipinski definition) is 4. The van der Waals surface area contributed by atoms with Gasteiger partial charge in [-0.1, -0.05) is 29.8 Å². The van der Waals surface area contributed by atoms with Gasteiger partial charge in [0.15, 0.2) is 0 Å². The molecule has 0 fully saturated rings. The minimum Gasteiger partial charge on any atom is -0.435 e. The average molecular weight is 296 g/mol. The topological polar surface area (TPSA) is 58.8 Å². The van der Waals surface area contributed by atoms with Crippen molar-refractivity contribution in [3.05, 3.63) is 58.7 Å². The van der Waals surface area contributed by atoms with E-state index in [0.717, 1.165) is 16.5 Å². The van der Waals surface area contributed by atoms with Crippen LogP contribution in [0.5, 0.6) is 11.6 Å². The molecular weight excluding hydrogens is 286 g/mol. The summed E-state index contributed by atoms with van der Waals surface area (Å²) in [4.78, 5) is 0. The number of nitrogens with zero attached hydrogens (tertiary/aromatic N) is 3. The van der Waals surface area contributed by atoms with Crippen LogP contribution in [-0.4, -0.2) is 10.2 Å². The van der Waals surface area contributed by atoms with Crippen LogP contribution >= 0.6 is 11.6 Å². The zero-order valence-corrected chi connectivity index (χ0v) is 11.9. The molecule has 0 saturated carbocycles. The normalized spacial score (nSPS) is 10.3. The van der Waals surface area contributed by atoms with Crippen molar-refractivity contribution < 1.29 is 4.74 Å². The van der Waals surface area contributed by atoms with Gasteiger partial charge in [-0.05, 0) is 31.2 Å². The van der Waals surface area contributed by atoms with E-state index in [0.29, 0.717) is 22.2 Å².